The molecule has 1 heterocycles. The fraction of sp³-hybridized carbons (Fsp3) is 0. The summed E-state index contributed by atoms with van der Waals surface area (Å²) in [6.07, 6.45) is 0. The van der Waals surface area contributed by atoms with Crippen LogP contribution in [0.5, 0.6) is 0 Å². The highest BCUT2D eigenvalue weighted by Crippen LogP contribution is 2.24. The van der Waals surface area contributed by atoms with E-state index in [0.29, 0.717) is 21.3 Å². The first-order chi connectivity index (χ1) is 12.6. The van der Waals surface area contributed by atoms with Gasteiger partial charge in [-0.2, -0.15) is 0 Å². The largest absolute Gasteiger partial charge is 0.338 e. The number of benzene rings is 3. The van der Waals surface area contributed by atoms with Crippen LogP contribution in [0.2, 0.25) is 10.0 Å². The fourth-order valence-electron chi connectivity index (χ4n) is 2.70. The number of carbonyl (C=O) groups is 1. The first kappa shape index (κ1) is 16.6. The van der Waals surface area contributed by atoms with Gasteiger partial charge in [-0.1, -0.05) is 47.5 Å². The zero-order chi connectivity index (χ0) is 18.1. The number of nitrogens with one attached hydrogen (secondary N) is 2. The second-order valence-electron chi connectivity index (χ2n) is 5.79. The number of hydrogen-bond acceptors (Lipinski definition) is 2. The number of halogens is 2. The van der Waals surface area contributed by atoms with E-state index < -0.39 is 0 Å². The molecule has 3 aromatic carbocycles. The molecule has 0 unspecified atom stereocenters. The van der Waals surface area contributed by atoms with Crippen LogP contribution in [-0.2, 0) is 0 Å². The summed E-state index contributed by atoms with van der Waals surface area (Å²) in [4.78, 5) is 20.2. The third-order valence-electron chi connectivity index (χ3n) is 3.93. The maximum atomic E-state index is 12.4. The van der Waals surface area contributed by atoms with E-state index in [1.807, 2.05) is 36.4 Å². The van der Waals surface area contributed by atoms with Crippen LogP contribution in [-0.4, -0.2) is 15.9 Å². The van der Waals surface area contributed by atoms with Crippen molar-refractivity contribution in [2.45, 2.75) is 0 Å². The topological polar surface area (TPSA) is 57.8 Å². The van der Waals surface area contributed by atoms with Crippen LogP contribution in [0.25, 0.3) is 22.4 Å². The van der Waals surface area contributed by atoms with E-state index in [1.54, 1.807) is 30.3 Å². The average molecular weight is 382 g/mol. The van der Waals surface area contributed by atoms with Crippen LogP contribution in [0.3, 0.4) is 0 Å². The molecule has 0 aliphatic carbocycles. The van der Waals surface area contributed by atoms with Crippen molar-refractivity contribution in [2.24, 2.45) is 0 Å². The van der Waals surface area contributed by atoms with Gasteiger partial charge in [0.25, 0.3) is 5.91 Å². The maximum absolute atomic E-state index is 12.4. The number of amides is 1. The van der Waals surface area contributed by atoms with E-state index >= 15 is 0 Å². The summed E-state index contributed by atoms with van der Waals surface area (Å²) in [5.41, 5.74) is 3.86. The van der Waals surface area contributed by atoms with E-state index in [1.165, 1.54) is 0 Å². The molecule has 1 amide bonds. The highest BCUT2D eigenvalue weighted by molar-refractivity contribution is 6.35. The minimum absolute atomic E-state index is 0.237. The molecule has 0 spiro atoms. The van der Waals surface area contributed by atoms with Crippen LogP contribution in [0, 0.1) is 0 Å². The molecule has 0 atom stereocenters. The lowest BCUT2D eigenvalue weighted by atomic mass is 10.1. The predicted molar refractivity (Wildman–Crippen MR) is 106 cm³/mol. The molecule has 0 saturated heterocycles. The number of anilines is 1. The van der Waals surface area contributed by atoms with Crippen molar-refractivity contribution in [3.63, 3.8) is 0 Å². The Labute approximate surface area is 159 Å². The molecule has 0 aliphatic rings. The minimum Gasteiger partial charge on any atom is -0.338 e. The van der Waals surface area contributed by atoms with Gasteiger partial charge < -0.3 is 10.3 Å². The smallest absolute Gasteiger partial charge is 0.255 e. The summed E-state index contributed by atoms with van der Waals surface area (Å²) in [6, 6.07) is 20.0. The highest BCUT2D eigenvalue weighted by atomic mass is 35.5. The Balaban J connectivity index is 1.56. The Morgan fingerprint density at radius 2 is 1.62 bits per heavy atom. The molecule has 6 heteroatoms. The van der Waals surface area contributed by atoms with Gasteiger partial charge in [0.05, 0.1) is 11.0 Å². The average Bonchev–Trinajstić information content (AvgIpc) is 3.05. The SMILES string of the molecule is O=C(Nc1cc(Cl)cc(Cl)c1)c1ccc(-c2nc3ccccc3[nH]2)cc1. The Kier molecular flexibility index (Phi) is 4.37. The lowest BCUT2D eigenvalue weighted by Gasteiger charge is -2.07. The highest BCUT2D eigenvalue weighted by Gasteiger charge is 2.09. The van der Waals surface area contributed by atoms with Crippen molar-refractivity contribution >= 4 is 45.8 Å². The molecule has 4 rings (SSSR count). The van der Waals surface area contributed by atoms with Crippen LogP contribution in [0.4, 0.5) is 5.69 Å². The number of para-hydroxylation sites is 2. The summed E-state index contributed by atoms with van der Waals surface area (Å²) >= 11 is 11.9. The van der Waals surface area contributed by atoms with Gasteiger partial charge in [-0.15, -0.1) is 0 Å². The molecular formula is C20H13Cl2N3O. The van der Waals surface area contributed by atoms with E-state index in [0.717, 1.165) is 22.4 Å². The van der Waals surface area contributed by atoms with Crippen molar-refractivity contribution in [2.75, 3.05) is 5.32 Å². The van der Waals surface area contributed by atoms with Crippen molar-refractivity contribution < 1.29 is 4.79 Å². The van der Waals surface area contributed by atoms with E-state index in [2.05, 4.69) is 15.3 Å². The Hall–Kier alpha value is -2.82. The van der Waals surface area contributed by atoms with E-state index in [-0.39, 0.29) is 5.91 Å². The molecular weight excluding hydrogens is 369 g/mol. The normalized spacial score (nSPS) is 10.8. The van der Waals surface area contributed by atoms with Gasteiger partial charge in [0.15, 0.2) is 0 Å². The van der Waals surface area contributed by atoms with E-state index in [9.17, 15) is 4.79 Å². The second kappa shape index (κ2) is 6.83. The summed E-state index contributed by atoms with van der Waals surface area (Å²) in [5, 5.41) is 3.72. The fourth-order valence-corrected chi connectivity index (χ4v) is 3.22. The summed E-state index contributed by atoms with van der Waals surface area (Å²) in [6.45, 7) is 0. The maximum Gasteiger partial charge on any atom is 0.255 e. The van der Waals surface area contributed by atoms with Gasteiger partial charge in [0, 0.05) is 26.9 Å². The molecule has 1 aromatic heterocycles. The summed E-state index contributed by atoms with van der Waals surface area (Å²) in [5.74, 6) is 0.527. The number of aromatic amines is 1. The van der Waals surface area contributed by atoms with Crippen LogP contribution in [0.15, 0.2) is 66.7 Å². The van der Waals surface area contributed by atoms with Crippen molar-refractivity contribution in [1.29, 1.82) is 0 Å². The number of nitrogens with zero attached hydrogens (tertiary/aromatic N) is 1. The standard InChI is InChI=1S/C20H13Cl2N3O/c21-14-9-15(22)11-16(10-14)23-20(26)13-7-5-12(6-8-13)19-24-17-3-1-2-4-18(17)25-19/h1-11H,(H,23,26)(H,24,25). The molecule has 0 bridgehead atoms. The molecule has 0 aliphatic heterocycles. The number of rotatable bonds is 3. The minimum atomic E-state index is -0.237. The second-order valence-corrected chi connectivity index (χ2v) is 6.67. The first-order valence-corrected chi connectivity index (χ1v) is 8.67. The number of hydrogen-bond donors (Lipinski definition) is 2. The van der Waals surface area contributed by atoms with Crippen LogP contribution >= 0.6 is 23.2 Å². The van der Waals surface area contributed by atoms with Crippen molar-refractivity contribution in [3.8, 4) is 11.4 Å². The first-order valence-electron chi connectivity index (χ1n) is 7.91. The Morgan fingerprint density at radius 1 is 0.923 bits per heavy atom. The van der Waals surface area contributed by atoms with Crippen molar-refractivity contribution in [3.05, 3.63) is 82.3 Å². The lowest BCUT2D eigenvalue weighted by molar-refractivity contribution is 0.102. The number of carbonyl (C=O) groups excluding carboxylic acids is 1. The van der Waals surface area contributed by atoms with Gasteiger partial charge in [0.2, 0.25) is 0 Å². The lowest BCUT2D eigenvalue weighted by Crippen LogP contribution is -2.11. The van der Waals surface area contributed by atoms with Crippen LogP contribution in [0.1, 0.15) is 10.4 Å². The third-order valence-corrected chi connectivity index (χ3v) is 4.37. The van der Waals surface area contributed by atoms with Gasteiger partial charge in [-0.3, -0.25) is 4.79 Å². The number of imidazole rings is 1. The number of H-pyrrole nitrogens is 1. The van der Waals surface area contributed by atoms with Crippen LogP contribution < -0.4 is 5.32 Å². The number of fused-ring (bicyclic) bond motifs is 1. The Morgan fingerprint density at radius 3 is 2.31 bits per heavy atom. The Bertz CT molecular complexity index is 1050. The van der Waals surface area contributed by atoms with Gasteiger partial charge in [-0.25, -0.2) is 4.98 Å². The van der Waals surface area contributed by atoms with E-state index in [4.69, 9.17) is 23.2 Å². The zero-order valence-electron chi connectivity index (χ0n) is 13.5. The molecule has 0 radical (unpaired) electrons. The monoisotopic (exact) mass is 381 g/mol. The van der Waals surface area contributed by atoms with Gasteiger partial charge in [-0.05, 0) is 42.5 Å². The number of aromatic nitrogens is 2. The molecule has 2 N–H and O–H groups in total. The van der Waals surface area contributed by atoms with Crippen molar-refractivity contribution in [1.82, 2.24) is 9.97 Å². The predicted octanol–water partition coefficient (Wildman–Crippen LogP) is 5.79. The summed E-state index contributed by atoms with van der Waals surface area (Å²) in [7, 11) is 0. The molecule has 0 fully saturated rings. The molecule has 0 saturated carbocycles. The molecule has 128 valence electrons. The van der Waals surface area contributed by atoms with Gasteiger partial charge in [0.1, 0.15) is 5.82 Å². The molecule has 4 nitrogen and oxygen atoms in total. The quantitative estimate of drug-likeness (QED) is 0.471. The summed E-state index contributed by atoms with van der Waals surface area (Å²) < 4.78 is 0. The zero-order valence-corrected chi connectivity index (χ0v) is 15.0. The van der Waals surface area contributed by atoms with Gasteiger partial charge >= 0.3 is 0 Å². The molecule has 4 aromatic rings. The molecule has 26 heavy (non-hydrogen) atoms. The third kappa shape index (κ3) is 3.43.